The van der Waals surface area contributed by atoms with Gasteiger partial charge in [0.15, 0.2) is 0 Å². The van der Waals surface area contributed by atoms with Gasteiger partial charge in [-0.2, -0.15) is 4.68 Å². The van der Waals surface area contributed by atoms with Crippen LogP contribution in [0.4, 0.5) is 4.79 Å². The Morgan fingerprint density at radius 3 is 2.29 bits per heavy atom. The number of nitrogens with zero attached hydrogens (tertiary/aromatic N) is 3. The molecule has 1 heterocycles. The van der Waals surface area contributed by atoms with Gasteiger partial charge in [-0.25, -0.2) is 9.59 Å². The van der Waals surface area contributed by atoms with Crippen LogP contribution in [0.3, 0.4) is 0 Å². The maximum atomic E-state index is 13.5. The molecule has 0 unspecified atom stereocenters. The number of para-hydroxylation sites is 1. The Kier molecular flexibility index (Phi) is 5.96. The van der Waals surface area contributed by atoms with Crippen LogP contribution in [0.25, 0.3) is 10.9 Å². The summed E-state index contributed by atoms with van der Waals surface area (Å²) < 4.78 is 1.66. The van der Waals surface area contributed by atoms with Crippen LogP contribution < -0.4 is 5.56 Å². The highest BCUT2D eigenvalue weighted by molar-refractivity contribution is 6.03. The van der Waals surface area contributed by atoms with E-state index in [1.54, 1.807) is 13.8 Å². The normalized spacial score (nSPS) is 11.1. The lowest BCUT2D eigenvalue weighted by atomic mass is 10.1. The van der Waals surface area contributed by atoms with Gasteiger partial charge in [0.1, 0.15) is 6.54 Å². The predicted octanol–water partition coefficient (Wildman–Crippen LogP) is 2.77. The summed E-state index contributed by atoms with van der Waals surface area (Å²) in [5.41, 5.74) is 0.727. The standard InChI is InChI=1S/C22H23N3O6/c1-13(2)23(11-15-8-5-4-7-14(15)3)22(31)25-20(28)16-9-6-10-17(21(29)30)19(16)24(25)12-18(26)27/h4-10,13H,11-12H2,1-3H3,(H,26,27)(H,29,30). The van der Waals surface area contributed by atoms with Crippen molar-refractivity contribution in [1.29, 1.82) is 0 Å². The molecule has 0 bridgehead atoms. The number of aromatic nitrogens is 2. The molecular weight excluding hydrogens is 402 g/mol. The number of aryl methyl sites for hydroxylation is 1. The molecule has 0 aliphatic heterocycles. The molecular formula is C22H23N3O6. The van der Waals surface area contributed by atoms with Crippen molar-refractivity contribution >= 4 is 28.9 Å². The molecule has 0 atom stereocenters. The fourth-order valence-electron chi connectivity index (χ4n) is 3.52. The Bertz CT molecular complexity index is 1240. The average Bonchev–Trinajstić information content (AvgIpc) is 2.98. The van der Waals surface area contributed by atoms with Gasteiger partial charge in [-0.3, -0.25) is 14.3 Å². The molecule has 9 nitrogen and oxygen atoms in total. The highest BCUT2D eigenvalue weighted by Gasteiger charge is 2.28. The van der Waals surface area contributed by atoms with Crippen molar-refractivity contribution in [2.45, 2.75) is 39.9 Å². The minimum Gasteiger partial charge on any atom is -0.480 e. The summed E-state index contributed by atoms with van der Waals surface area (Å²) >= 11 is 0. The molecule has 2 N–H and O–H groups in total. The van der Waals surface area contributed by atoms with Crippen LogP contribution in [0.1, 0.15) is 35.3 Å². The number of carbonyl (C=O) groups is 3. The Morgan fingerprint density at radius 1 is 1.03 bits per heavy atom. The summed E-state index contributed by atoms with van der Waals surface area (Å²) in [6, 6.07) is 10.5. The van der Waals surface area contributed by atoms with E-state index >= 15 is 0 Å². The largest absolute Gasteiger partial charge is 0.480 e. The summed E-state index contributed by atoms with van der Waals surface area (Å²) in [5.74, 6) is -2.64. The lowest BCUT2D eigenvalue weighted by Gasteiger charge is -2.28. The van der Waals surface area contributed by atoms with Crippen LogP contribution in [0.15, 0.2) is 47.3 Å². The number of aromatic carboxylic acids is 1. The SMILES string of the molecule is Cc1ccccc1CN(C(=O)n1c(=O)c2cccc(C(=O)O)c2n1CC(=O)O)C(C)C. The van der Waals surface area contributed by atoms with Crippen molar-refractivity contribution in [2.24, 2.45) is 0 Å². The number of carbonyl (C=O) groups excluding carboxylic acids is 1. The summed E-state index contributed by atoms with van der Waals surface area (Å²) in [6.45, 7) is 4.94. The Hall–Kier alpha value is -3.88. The maximum Gasteiger partial charge on any atom is 0.346 e. The molecule has 3 rings (SSSR count). The van der Waals surface area contributed by atoms with Crippen molar-refractivity contribution in [2.75, 3.05) is 0 Å². The van der Waals surface area contributed by atoms with Crippen LogP contribution in [0.5, 0.6) is 0 Å². The molecule has 0 spiro atoms. The second-order valence-electron chi connectivity index (χ2n) is 7.51. The number of fused-ring (bicyclic) bond motifs is 1. The third-order valence-corrected chi connectivity index (χ3v) is 5.13. The summed E-state index contributed by atoms with van der Waals surface area (Å²) in [4.78, 5) is 51.3. The minimum absolute atomic E-state index is 0.0332. The zero-order chi connectivity index (χ0) is 22.9. The summed E-state index contributed by atoms with van der Waals surface area (Å²) in [7, 11) is 0. The first kappa shape index (κ1) is 21.8. The Balaban J connectivity index is 2.23. The third-order valence-electron chi connectivity index (χ3n) is 5.13. The van der Waals surface area contributed by atoms with Crippen molar-refractivity contribution in [3.05, 3.63) is 69.5 Å². The number of benzene rings is 2. The lowest BCUT2D eigenvalue weighted by molar-refractivity contribution is -0.137. The lowest BCUT2D eigenvalue weighted by Crippen LogP contribution is -2.45. The molecule has 1 aromatic heterocycles. The predicted molar refractivity (Wildman–Crippen MR) is 113 cm³/mol. The minimum atomic E-state index is -1.32. The zero-order valence-electron chi connectivity index (χ0n) is 17.4. The van der Waals surface area contributed by atoms with Crippen molar-refractivity contribution < 1.29 is 24.6 Å². The molecule has 0 aliphatic carbocycles. The van der Waals surface area contributed by atoms with Gasteiger partial charge >= 0.3 is 18.0 Å². The molecule has 1 amide bonds. The van der Waals surface area contributed by atoms with Gasteiger partial charge in [0.2, 0.25) is 0 Å². The number of carboxylic acids is 2. The fraction of sp³-hybridized carbons (Fsp3) is 0.273. The number of rotatable bonds is 6. The molecule has 0 radical (unpaired) electrons. The molecule has 0 aliphatic rings. The quantitative estimate of drug-likeness (QED) is 0.626. The van der Waals surface area contributed by atoms with Crippen molar-refractivity contribution in [3.63, 3.8) is 0 Å². The molecule has 9 heteroatoms. The van der Waals surface area contributed by atoms with E-state index in [2.05, 4.69) is 0 Å². The second-order valence-corrected chi connectivity index (χ2v) is 7.51. The average molecular weight is 425 g/mol. The molecule has 162 valence electrons. The molecule has 0 saturated carbocycles. The van der Waals surface area contributed by atoms with Crippen molar-refractivity contribution in [1.82, 2.24) is 14.3 Å². The molecule has 2 aromatic carbocycles. The van der Waals surface area contributed by atoms with Crippen LogP contribution >= 0.6 is 0 Å². The van der Waals surface area contributed by atoms with Crippen LogP contribution in [-0.4, -0.2) is 48.5 Å². The van der Waals surface area contributed by atoms with Gasteiger partial charge < -0.3 is 15.1 Å². The van der Waals surface area contributed by atoms with Crippen LogP contribution in [-0.2, 0) is 17.9 Å². The topological polar surface area (TPSA) is 122 Å². The summed E-state index contributed by atoms with van der Waals surface area (Å²) in [6.07, 6.45) is 0. The van der Waals surface area contributed by atoms with E-state index in [9.17, 15) is 29.4 Å². The number of hydrogen-bond donors (Lipinski definition) is 2. The Morgan fingerprint density at radius 2 is 1.71 bits per heavy atom. The smallest absolute Gasteiger partial charge is 0.346 e. The van der Waals surface area contributed by atoms with E-state index in [-0.39, 0.29) is 29.1 Å². The molecule has 0 fully saturated rings. The van der Waals surface area contributed by atoms with E-state index in [4.69, 9.17) is 0 Å². The van der Waals surface area contributed by atoms with E-state index in [1.807, 2.05) is 31.2 Å². The van der Waals surface area contributed by atoms with E-state index in [0.29, 0.717) is 0 Å². The van der Waals surface area contributed by atoms with Gasteiger partial charge in [0.25, 0.3) is 5.56 Å². The monoisotopic (exact) mass is 425 g/mol. The van der Waals surface area contributed by atoms with Crippen LogP contribution in [0, 0.1) is 6.92 Å². The summed E-state index contributed by atoms with van der Waals surface area (Å²) in [5, 5.41) is 18.9. The maximum absolute atomic E-state index is 13.5. The highest BCUT2D eigenvalue weighted by atomic mass is 16.4. The van der Waals surface area contributed by atoms with Gasteiger partial charge in [-0.1, -0.05) is 30.3 Å². The Labute approximate surface area is 177 Å². The van der Waals surface area contributed by atoms with Gasteiger partial charge in [-0.05, 0) is 44.0 Å². The first-order valence-corrected chi connectivity index (χ1v) is 9.68. The van der Waals surface area contributed by atoms with Gasteiger partial charge in [0.05, 0.1) is 16.5 Å². The van der Waals surface area contributed by atoms with Crippen LogP contribution in [0.2, 0.25) is 0 Å². The van der Waals surface area contributed by atoms with E-state index in [1.165, 1.54) is 23.1 Å². The molecule has 3 aromatic rings. The van der Waals surface area contributed by atoms with E-state index in [0.717, 1.165) is 20.5 Å². The first-order chi connectivity index (χ1) is 14.6. The second kappa shape index (κ2) is 8.47. The number of aliphatic carboxylic acids is 1. The van der Waals surface area contributed by atoms with Gasteiger partial charge in [-0.15, -0.1) is 0 Å². The third kappa shape index (κ3) is 4.07. The van der Waals surface area contributed by atoms with Crippen molar-refractivity contribution in [3.8, 4) is 0 Å². The van der Waals surface area contributed by atoms with Gasteiger partial charge in [0, 0.05) is 12.6 Å². The number of carboxylic acid groups (broad SMARTS) is 2. The highest BCUT2D eigenvalue weighted by Crippen LogP contribution is 2.20. The fourth-order valence-corrected chi connectivity index (χ4v) is 3.52. The zero-order valence-corrected chi connectivity index (χ0v) is 17.4. The molecule has 0 saturated heterocycles. The number of amides is 1. The molecule has 31 heavy (non-hydrogen) atoms. The first-order valence-electron chi connectivity index (χ1n) is 9.68. The number of hydrogen-bond acceptors (Lipinski definition) is 4. The van der Waals surface area contributed by atoms with E-state index < -0.39 is 30.1 Å².